The van der Waals surface area contributed by atoms with Crippen molar-refractivity contribution in [3.05, 3.63) is 63.6 Å². The number of hydrazone groups is 1. The number of hydrogen-bond acceptors (Lipinski definition) is 5. The van der Waals surface area contributed by atoms with Crippen LogP contribution in [0.4, 0.5) is 0 Å². The highest BCUT2D eigenvalue weighted by Gasteiger charge is 2.26. The number of nitrogens with zero attached hydrogens (tertiary/aromatic N) is 2. The summed E-state index contributed by atoms with van der Waals surface area (Å²) in [5.41, 5.74) is 4.02. The van der Waals surface area contributed by atoms with Gasteiger partial charge in [0.25, 0.3) is 0 Å². The fourth-order valence-corrected chi connectivity index (χ4v) is 4.56. The summed E-state index contributed by atoms with van der Waals surface area (Å²) in [4.78, 5) is 12.2. The van der Waals surface area contributed by atoms with E-state index in [2.05, 4.69) is 10.5 Å². The van der Waals surface area contributed by atoms with E-state index in [0.717, 1.165) is 5.56 Å². The van der Waals surface area contributed by atoms with E-state index < -0.39 is 10.0 Å². The third kappa shape index (κ3) is 6.02. The molecule has 7 nitrogen and oxygen atoms in total. The molecule has 0 radical (unpaired) electrons. The first-order valence-electron chi connectivity index (χ1n) is 9.30. The second kappa shape index (κ2) is 10.4. The number of ether oxygens (including phenoxy) is 1. The number of benzene rings is 2. The average Bonchev–Trinajstić information content (AvgIpc) is 2.76. The van der Waals surface area contributed by atoms with Crippen LogP contribution >= 0.6 is 23.2 Å². The molecule has 0 aromatic heterocycles. The van der Waals surface area contributed by atoms with Crippen molar-refractivity contribution in [2.75, 3.05) is 26.3 Å². The van der Waals surface area contributed by atoms with Gasteiger partial charge in [-0.05, 0) is 41.8 Å². The summed E-state index contributed by atoms with van der Waals surface area (Å²) in [6.07, 6.45) is 2.16. The van der Waals surface area contributed by atoms with Gasteiger partial charge in [0.15, 0.2) is 0 Å². The van der Waals surface area contributed by atoms with E-state index >= 15 is 0 Å². The molecule has 1 fully saturated rings. The van der Waals surface area contributed by atoms with Crippen molar-refractivity contribution in [2.24, 2.45) is 5.10 Å². The predicted molar refractivity (Wildman–Crippen MR) is 117 cm³/mol. The van der Waals surface area contributed by atoms with Crippen molar-refractivity contribution >= 4 is 45.3 Å². The van der Waals surface area contributed by atoms with Crippen LogP contribution in [-0.2, 0) is 26.0 Å². The number of carbonyl (C=O) groups is 1. The van der Waals surface area contributed by atoms with E-state index in [1.807, 2.05) is 0 Å². The average molecular weight is 470 g/mol. The summed E-state index contributed by atoms with van der Waals surface area (Å²) in [5.74, 6) is -0.253. The molecular weight excluding hydrogens is 449 g/mol. The topological polar surface area (TPSA) is 88.1 Å². The largest absolute Gasteiger partial charge is 0.379 e. The van der Waals surface area contributed by atoms with Crippen LogP contribution in [0.1, 0.15) is 17.5 Å². The minimum absolute atomic E-state index is 0.217. The van der Waals surface area contributed by atoms with E-state index in [-0.39, 0.29) is 17.2 Å². The van der Waals surface area contributed by atoms with E-state index in [9.17, 15) is 13.2 Å². The second-order valence-electron chi connectivity index (χ2n) is 6.63. The maximum absolute atomic E-state index is 12.6. The van der Waals surface area contributed by atoms with Crippen LogP contribution in [0.2, 0.25) is 10.0 Å². The number of nitrogens with one attached hydrogen (secondary N) is 1. The van der Waals surface area contributed by atoms with Gasteiger partial charge in [0.05, 0.1) is 34.4 Å². The summed E-state index contributed by atoms with van der Waals surface area (Å²) in [6.45, 7) is 1.51. The first kappa shape index (κ1) is 22.7. The van der Waals surface area contributed by atoms with Crippen LogP contribution < -0.4 is 5.43 Å². The molecule has 1 N–H and O–H groups in total. The zero-order valence-electron chi connectivity index (χ0n) is 16.1. The van der Waals surface area contributed by atoms with Crippen LogP contribution in [-0.4, -0.2) is 51.1 Å². The Hall–Kier alpha value is -1.97. The third-order valence-electron chi connectivity index (χ3n) is 4.52. The number of sulfonamides is 1. The number of aryl methyl sites for hydroxylation is 1. The van der Waals surface area contributed by atoms with Gasteiger partial charge in [0.1, 0.15) is 0 Å². The molecule has 2 aromatic carbocycles. The monoisotopic (exact) mass is 469 g/mol. The van der Waals surface area contributed by atoms with Crippen LogP contribution in [0.15, 0.2) is 52.5 Å². The molecule has 1 aliphatic heterocycles. The molecular formula is C20H21Cl2N3O4S. The van der Waals surface area contributed by atoms with Crippen molar-refractivity contribution in [3.8, 4) is 0 Å². The molecule has 1 heterocycles. The highest BCUT2D eigenvalue weighted by Crippen LogP contribution is 2.22. The molecule has 0 aliphatic carbocycles. The second-order valence-corrected chi connectivity index (χ2v) is 9.38. The zero-order chi connectivity index (χ0) is 21.6. The minimum atomic E-state index is -3.52. The molecule has 0 saturated carbocycles. The van der Waals surface area contributed by atoms with Crippen LogP contribution in [0.5, 0.6) is 0 Å². The molecule has 0 bridgehead atoms. The van der Waals surface area contributed by atoms with Crippen LogP contribution in [0.25, 0.3) is 0 Å². The maximum atomic E-state index is 12.6. The number of morpholine rings is 1. The highest BCUT2D eigenvalue weighted by atomic mass is 35.5. The zero-order valence-corrected chi connectivity index (χ0v) is 18.4. The Labute approximate surface area is 185 Å². The van der Waals surface area contributed by atoms with Crippen molar-refractivity contribution in [2.45, 2.75) is 17.7 Å². The molecule has 0 spiro atoms. The lowest BCUT2D eigenvalue weighted by Gasteiger charge is -2.26. The van der Waals surface area contributed by atoms with Gasteiger partial charge in [-0.1, -0.05) is 41.4 Å². The number of rotatable bonds is 7. The first-order valence-corrected chi connectivity index (χ1v) is 11.5. The summed E-state index contributed by atoms with van der Waals surface area (Å²) in [6, 6.07) is 11.6. The Morgan fingerprint density at radius 3 is 2.47 bits per heavy atom. The molecule has 10 heteroatoms. The number of halogens is 2. The number of hydrogen-bond donors (Lipinski definition) is 1. The molecule has 3 rings (SSSR count). The molecule has 0 unspecified atom stereocenters. The third-order valence-corrected chi connectivity index (χ3v) is 7.17. The van der Waals surface area contributed by atoms with Gasteiger partial charge in [-0.25, -0.2) is 13.8 Å². The number of carbonyl (C=O) groups excluding carboxylic acids is 1. The molecule has 160 valence electrons. The van der Waals surface area contributed by atoms with E-state index in [4.69, 9.17) is 27.9 Å². The van der Waals surface area contributed by atoms with Crippen LogP contribution in [0, 0.1) is 0 Å². The highest BCUT2D eigenvalue weighted by molar-refractivity contribution is 7.89. The lowest BCUT2D eigenvalue weighted by molar-refractivity contribution is -0.121. The lowest BCUT2D eigenvalue weighted by Crippen LogP contribution is -2.40. The summed E-state index contributed by atoms with van der Waals surface area (Å²) in [5, 5.41) is 4.76. The fraction of sp³-hybridized carbons (Fsp3) is 0.300. The van der Waals surface area contributed by atoms with Gasteiger partial charge in [0.2, 0.25) is 15.9 Å². The normalized spacial score (nSPS) is 15.4. The minimum Gasteiger partial charge on any atom is -0.379 e. The molecule has 0 atom stereocenters. The SMILES string of the molecule is O=C(CCc1ccc(S(=O)(=O)N2CCOCC2)cc1)N/N=C\c1ccc(Cl)c(Cl)c1. The Morgan fingerprint density at radius 2 is 1.80 bits per heavy atom. The number of amides is 1. The standard InChI is InChI=1S/C20H21Cl2N3O4S/c21-18-7-3-16(13-19(18)22)14-23-24-20(26)8-4-15-1-5-17(6-2-15)30(27,28)25-9-11-29-12-10-25/h1-3,5-7,13-14H,4,8-12H2,(H,24,26)/b23-14-. The summed E-state index contributed by atoms with van der Waals surface area (Å²) < 4.78 is 31.9. The lowest BCUT2D eigenvalue weighted by atomic mass is 10.1. The molecule has 1 saturated heterocycles. The van der Waals surface area contributed by atoms with Gasteiger partial charge in [-0.2, -0.15) is 9.41 Å². The summed E-state index contributed by atoms with van der Waals surface area (Å²) >= 11 is 11.8. The van der Waals surface area contributed by atoms with Gasteiger partial charge in [-0.3, -0.25) is 4.79 Å². The van der Waals surface area contributed by atoms with Crippen molar-refractivity contribution in [1.82, 2.24) is 9.73 Å². The predicted octanol–water partition coefficient (Wildman–Crippen LogP) is 3.10. The van der Waals surface area contributed by atoms with Crippen LogP contribution in [0.3, 0.4) is 0 Å². The van der Waals surface area contributed by atoms with Crippen molar-refractivity contribution < 1.29 is 17.9 Å². The van der Waals surface area contributed by atoms with E-state index in [1.54, 1.807) is 42.5 Å². The maximum Gasteiger partial charge on any atom is 0.243 e. The van der Waals surface area contributed by atoms with E-state index in [1.165, 1.54) is 10.5 Å². The smallest absolute Gasteiger partial charge is 0.243 e. The first-order chi connectivity index (χ1) is 14.4. The van der Waals surface area contributed by atoms with Crippen molar-refractivity contribution in [3.63, 3.8) is 0 Å². The van der Waals surface area contributed by atoms with Gasteiger partial charge < -0.3 is 4.74 Å². The molecule has 1 amide bonds. The fourth-order valence-electron chi connectivity index (χ4n) is 2.85. The summed E-state index contributed by atoms with van der Waals surface area (Å²) in [7, 11) is -3.52. The Bertz CT molecular complexity index is 1020. The Morgan fingerprint density at radius 1 is 1.10 bits per heavy atom. The quantitative estimate of drug-likeness (QED) is 0.498. The van der Waals surface area contributed by atoms with Crippen molar-refractivity contribution in [1.29, 1.82) is 0 Å². The Kier molecular flexibility index (Phi) is 7.85. The molecule has 2 aromatic rings. The van der Waals surface area contributed by atoms with Gasteiger partial charge in [0, 0.05) is 19.5 Å². The van der Waals surface area contributed by atoms with E-state index in [0.29, 0.717) is 48.3 Å². The molecule has 30 heavy (non-hydrogen) atoms. The Balaban J connectivity index is 1.50. The van der Waals surface area contributed by atoms with Gasteiger partial charge in [-0.15, -0.1) is 0 Å². The molecule has 1 aliphatic rings. The van der Waals surface area contributed by atoms with Gasteiger partial charge >= 0.3 is 0 Å².